The van der Waals surface area contributed by atoms with Crippen molar-refractivity contribution in [3.05, 3.63) is 29.1 Å². The summed E-state index contributed by atoms with van der Waals surface area (Å²) in [5.74, 6) is -1.02. The van der Waals surface area contributed by atoms with Crippen molar-refractivity contribution in [2.24, 2.45) is 0 Å². The van der Waals surface area contributed by atoms with Crippen LogP contribution in [0.2, 0.25) is 0 Å². The molecule has 0 aliphatic rings. The lowest BCUT2D eigenvalue weighted by molar-refractivity contribution is 0.280. The van der Waals surface area contributed by atoms with E-state index in [1.807, 2.05) is 0 Å². The van der Waals surface area contributed by atoms with Gasteiger partial charge in [-0.05, 0) is 17.7 Å². The second-order valence-electron chi connectivity index (χ2n) is 2.65. The Morgan fingerprint density at radius 1 is 1.53 bits per heavy atom. The monoisotopic (exact) mass is 249 g/mol. The van der Waals surface area contributed by atoms with E-state index in [0.29, 0.717) is 6.07 Å². The first kappa shape index (κ1) is 11.9. The van der Waals surface area contributed by atoms with E-state index in [1.165, 1.54) is 6.07 Å². The molecule has 0 amide bonds. The molecule has 0 unspecified atom stereocenters. The molecule has 0 aliphatic heterocycles. The van der Waals surface area contributed by atoms with Gasteiger partial charge in [-0.2, -0.15) is 5.26 Å². The molecule has 0 spiro atoms. The lowest BCUT2D eigenvalue weighted by atomic mass is 10.1. The van der Waals surface area contributed by atoms with Gasteiger partial charge >= 0.3 is 0 Å². The van der Waals surface area contributed by atoms with E-state index in [2.05, 4.69) is 0 Å². The molecule has 0 aliphatic carbocycles. The highest BCUT2D eigenvalue weighted by Crippen LogP contribution is 2.22. The van der Waals surface area contributed by atoms with Gasteiger partial charge in [-0.1, -0.05) is 0 Å². The average Bonchev–Trinajstić information content (AvgIpc) is 2.15. The Hall–Kier alpha value is -1.16. The van der Waals surface area contributed by atoms with Crippen LogP contribution in [0, 0.1) is 17.1 Å². The third-order valence-corrected chi connectivity index (χ3v) is 3.04. The third kappa shape index (κ3) is 2.45. The van der Waals surface area contributed by atoms with Crippen LogP contribution in [0.25, 0.3) is 0 Å². The molecule has 0 fully saturated rings. The number of rotatable bonds is 2. The molecule has 7 heteroatoms. The molecule has 0 saturated carbocycles. The average molecular weight is 250 g/mol. The summed E-state index contributed by atoms with van der Waals surface area (Å²) in [5.41, 5.74) is -0.502. The van der Waals surface area contributed by atoms with Crippen molar-refractivity contribution in [1.29, 1.82) is 5.26 Å². The van der Waals surface area contributed by atoms with Crippen LogP contribution in [0.4, 0.5) is 4.39 Å². The Morgan fingerprint density at radius 2 is 2.13 bits per heavy atom. The van der Waals surface area contributed by atoms with E-state index >= 15 is 0 Å². The minimum atomic E-state index is -4.07. The van der Waals surface area contributed by atoms with Crippen LogP contribution in [-0.4, -0.2) is 13.5 Å². The number of halogens is 2. The normalized spacial score (nSPS) is 11.1. The second-order valence-corrected chi connectivity index (χ2v) is 5.21. The molecule has 15 heavy (non-hydrogen) atoms. The molecule has 0 saturated heterocycles. The number of hydrogen-bond donors (Lipinski definition) is 1. The molecule has 0 bridgehead atoms. The van der Waals surface area contributed by atoms with Crippen molar-refractivity contribution in [1.82, 2.24) is 0 Å². The van der Waals surface area contributed by atoms with Crippen LogP contribution in [0.3, 0.4) is 0 Å². The van der Waals surface area contributed by atoms with Gasteiger partial charge < -0.3 is 5.11 Å². The van der Waals surface area contributed by atoms with Gasteiger partial charge in [0.15, 0.2) is 0 Å². The number of nitrogens with zero attached hydrogens (tertiary/aromatic N) is 1. The van der Waals surface area contributed by atoms with Crippen molar-refractivity contribution in [2.45, 2.75) is 11.5 Å². The van der Waals surface area contributed by atoms with E-state index in [1.54, 1.807) is 0 Å². The summed E-state index contributed by atoms with van der Waals surface area (Å²) in [6, 6.07) is 3.12. The Kier molecular flexibility index (Phi) is 3.29. The van der Waals surface area contributed by atoms with Crippen molar-refractivity contribution in [3.8, 4) is 6.07 Å². The van der Waals surface area contributed by atoms with Crippen molar-refractivity contribution >= 4 is 19.7 Å². The van der Waals surface area contributed by atoms with Gasteiger partial charge in [-0.15, -0.1) is 0 Å². The van der Waals surface area contributed by atoms with E-state index in [0.717, 1.165) is 6.07 Å². The maximum absolute atomic E-state index is 13.2. The van der Waals surface area contributed by atoms with Gasteiger partial charge in [0, 0.05) is 10.7 Å². The quantitative estimate of drug-likeness (QED) is 0.797. The lowest BCUT2D eigenvalue weighted by Gasteiger charge is -2.03. The summed E-state index contributed by atoms with van der Waals surface area (Å²) < 4.78 is 34.9. The predicted molar refractivity (Wildman–Crippen MR) is 50.1 cm³/mol. The molecule has 0 atom stereocenters. The van der Waals surface area contributed by atoms with Gasteiger partial charge in [0.05, 0.1) is 17.1 Å². The lowest BCUT2D eigenvalue weighted by Crippen LogP contribution is -1.99. The Morgan fingerprint density at radius 3 is 2.53 bits per heavy atom. The van der Waals surface area contributed by atoms with Crippen LogP contribution in [0.15, 0.2) is 17.0 Å². The molecule has 1 aromatic rings. The van der Waals surface area contributed by atoms with Crippen LogP contribution >= 0.6 is 10.7 Å². The zero-order valence-electron chi connectivity index (χ0n) is 7.24. The van der Waals surface area contributed by atoms with Crippen molar-refractivity contribution in [3.63, 3.8) is 0 Å². The molecule has 0 heterocycles. The van der Waals surface area contributed by atoms with Crippen LogP contribution in [0.5, 0.6) is 0 Å². The first-order chi connectivity index (χ1) is 6.90. The largest absolute Gasteiger partial charge is 0.392 e. The van der Waals surface area contributed by atoms with Crippen molar-refractivity contribution < 1.29 is 17.9 Å². The number of aliphatic hydroxyl groups excluding tert-OH is 1. The maximum Gasteiger partial charge on any atom is 0.261 e. The molecule has 1 aromatic carbocycles. The van der Waals surface area contributed by atoms with Gasteiger partial charge in [0.2, 0.25) is 0 Å². The topological polar surface area (TPSA) is 78.2 Å². The Balaban J connectivity index is 3.54. The molecule has 1 N–H and O–H groups in total. The van der Waals surface area contributed by atoms with E-state index in [-0.39, 0.29) is 11.1 Å². The molecule has 0 radical (unpaired) electrons. The van der Waals surface area contributed by atoms with E-state index < -0.39 is 26.4 Å². The van der Waals surface area contributed by atoms with Gasteiger partial charge in [-0.25, -0.2) is 12.8 Å². The fraction of sp³-hybridized carbons (Fsp3) is 0.125. The minimum Gasteiger partial charge on any atom is -0.392 e. The first-order valence-electron chi connectivity index (χ1n) is 3.68. The van der Waals surface area contributed by atoms with Gasteiger partial charge in [-0.3, -0.25) is 0 Å². The fourth-order valence-corrected chi connectivity index (χ4v) is 1.82. The first-order valence-corrected chi connectivity index (χ1v) is 5.99. The summed E-state index contributed by atoms with van der Waals surface area (Å²) in [6.45, 7) is -0.639. The predicted octanol–water partition coefficient (Wildman–Crippen LogP) is 1.12. The number of nitriles is 1. The van der Waals surface area contributed by atoms with Crippen LogP contribution in [0.1, 0.15) is 11.1 Å². The SMILES string of the molecule is N#Cc1c(F)cc(S(=O)(=O)Cl)cc1CO. The molecule has 4 nitrogen and oxygen atoms in total. The Labute approximate surface area is 89.9 Å². The van der Waals surface area contributed by atoms with Crippen molar-refractivity contribution in [2.75, 3.05) is 0 Å². The molecule has 80 valence electrons. The standard InChI is InChI=1S/C8H5ClFNO3S/c9-15(13,14)6-1-5(4-12)7(3-11)8(10)2-6/h1-2,12H,4H2. The second kappa shape index (κ2) is 4.14. The highest BCUT2D eigenvalue weighted by atomic mass is 35.7. The van der Waals surface area contributed by atoms with Crippen LogP contribution < -0.4 is 0 Å². The van der Waals surface area contributed by atoms with Gasteiger partial charge in [0.1, 0.15) is 11.9 Å². The summed E-state index contributed by atoms with van der Waals surface area (Å²) in [7, 11) is 0.925. The van der Waals surface area contributed by atoms with E-state index in [4.69, 9.17) is 21.1 Å². The molecular weight excluding hydrogens is 245 g/mol. The van der Waals surface area contributed by atoms with E-state index in [9.17, 15) is 12.8 Å². The zero-order chi connectivity index (χ0) is 11.6. The highest BCUT2D eigenvalue weighted by molar-refractivity contribution is 8.13. The summed E-state index contributed by atoms with van der Waals surface area (Å²) in [5, 5.41) is 17.3. The van der Waals surface area contributed by atoms with Gasteiger partial charge in [0.25, 0.3) is 9.05 Å². The summed E-state index contributed by atoms with van der Waals surface area (Å²) >= 11 is 0. The number of hydrogen-bond acceptors (Lipinski definition) is 4. The minimum absolute atomic E-state index is 0.114. The summed E-state index contributed by atoms with van der Waals surface area (Å²) in [6.07, 6.45) is 0. The maximum atomic E-state index is 13.2. The van der Waals surface area contributed by atoms with Crippen LogP contribution in [-0.2, 0) is 15.7 Å². The highest BCUT2D eigenvalue weighted by Gasteiger charge is 2.17. The smallest absolute Gasteiger partial charge is 0.261 e. The molecule has 1 rings (SSSR count). The Bertz CT molecular complexity index is 536. The molecule has 0 aromatic heterocycles. The zero-order valence-corrected chi connectivity index (χ0v) is 8.81. The summed E-state index contributed by atoms with van der Waals surface area (Å²) in [4.78, 5) is -0.482. The molecular formula is C8H5ClFNO3S. The third-order valence-electron chi connectivity index (χ3n) is 1.71. The fourth-order valence-electron chi connectivity index (χ4n) is 1.03. The number of benzene rings is 1. The number of aliphatic hydroxyl groups is 1.